The van der Waals surface area contributed by atoms with Gasteiger partial charge in [0.05, 0.1) is 11.4 Å². The third kappa shape index (κ3) is 4.05. The molecule has 0 atom stereocenters. The predicted octanol–water partition coefficient (Wildman–Crippen LogP) is 5.75. The number of benzene rings is 3. The zero-order valence-corrected chi connectivity index (χ0v) is 16.4. The monoisotopic (exact) mass is 419 g/mol. The third-order valence-corrected chi connectivity index (χ3v) is 6.02. The first kappa shape index (κ1) is 18.2. The Balaban J connectivity index is 1.66. The zero-order chi connectivity index (χ0) is 19.0. The van der Waals surface area contributed by atoms with Crippen LogP contribution in [0.4, 0.5) is 5.69 Å². The average Bonchev–Trinajstić information content (AvgIpc) is 2.64. The van der Waals surface area contributed by atoms with Crippen LogP contribution in [-0.4, -0.2) is 14.2 Å². The fourth-order valence-electron chi connectivity index (χ4n) is 3.00. The van der Waals surface area contributed by atoms with Gasteiger partial charge in [0.15, 0.2) is 0 Å². The van der Waals surface area contributed by atoms with Crippen molar-refractivity contribution in [2.45, 2.75) is 6.42 Å². The molecule has 0 amide bonds. The van der Waals surface area contributed by atoms with E-state index in [4.69, 9.17) is 27.9 Å². The maximum atomic E-state index is 12.0. The molecule has 0 saturated carbocycles. The second-order valence-corrected chi connectivity index (χ2v) is 8.95. The van der Waals surface area contributed by atoms with Crippen molar-refractivity contribution in [3.8, 4) is 22.6 Å². The SMILES string of the molecule is O=S1(=O)CCc2cc(Cl)cc(-c3ccc(Oc4ccc(Cl)cc4)cc3)c2N1. The van der Waals surface area contributed by atoms with Gasteiger partial charge in [-0.2, -0.15) is 0 Å². The van der Waals surface area contributed by atoms with Crippen molar-refractivity contribution >= 4 is 38.9 Å². The highest BCUT2D eigenvalue weighted by Crippen LogP contribution is 2.38. The summed E-state index contributed by atoms with van der Waals surface area (Å²) in [5, 5.41) is 1.22. The standard InChI is InChI=1S/C20H15Cl2NO3S/c21-15-3-7-18(8-4-15)26-17-5-1-13(2-6-17)19-12-16(22)11-14-9-10-27(24,25)23-20(14)19/h1-8,11-12,23H,9-10H2. The summed E-state index contributed by atoms with van der Waals surface area (Å²) in [5.41, 5.74) is 3.09. The molecule has 0 radical (unpaired) electrons. The van der Waals surface area contributed by atoms with E-state index in [2.05, 4.69) is 4.72 Å². The number of rotatable bonds is 3. The summed E-state index contributed by atoms with van der Waals surface area (Å²) < 4.78 is 32.4. The van der Waals surface area contributed by atoms with Crippen molar-refractivity contribution in [3.63, 3.8) is 0 Å². The topological polar surface area (TPSA) is 55.4 Å². The van der Waals surface area contributed by atoms with Gasteiger partial charge in [0, 0.05) is 15.6 Å². The van der Waals surface area contributed by atoms with E-state index in [1.165, 1.54) is 0 Å². The van der Waals surface area contributed by atoms with Crippen LogP contribution in [0.2, 0.25) is 10.0 Å². The van der Waals surface area contributed by atoms with Gasteiger partial charge in [-0.3, -0.25) is 4.72 Å². The Bertz CT molecular complexity index is 1100. The van der Waals surface area contributed by atoms with Gasteiger partial charge in [0.25, 0.3) is 0 Å². The molecule has 0 aliphatic carbocycles. The Morgan fingerprint density at radius 1 is 0.852 bits per heavy atom. The Labute approximate surface area is 167 Å². The van der Waals surface area contributed by atoms with Crippen molar-refractivity contribution in [1.82, 2.24) is 0 Å². The summed E-state index contributed by atoms with van der Waals surface area (Å²) in [7, 11) is -3.32. The Kier molecular flexibility index (Phi) is 4.76. The molecule has 1 aliphatic rings. The third-order valence-electron chi connectivity index (χ3n) is 4.30. The summed E-state index contributed by atoms with van der Waals surface area (Å²) >= 11 is 12.1. The molecule has 0 aromatic heterocycles. The fraction of sp³-hybridized carbons (Fsp3) is 0.100. The number of fused-ring (bicyclic) bond motifs is 1. The molecule has 4 nitrogen and oxygen atoms in total. The summed E-state index contributed by atoms with van der Waals surface area (Å²) in [6.45, 7) is 0. The lowest BCUT2D eigenvalue weighted by atomic mass is 9.99. The Morgan fingerprint density at radius 2 is 1.48 bits per heavy atom. The highest BCUT2D eigenvalue weighted by Gasteiger charge is 2.23. The molecule has 0 bridgehead atoms. The second kappa shape index (κ2) is 7.08. The minimum absolute atomic E-state index is 0.0631. The van der Waals surface area contributed by atoms with E-state index in [1.807, 2.05) is 24.3 Å². The summed E-state index contributed by atoms with van der Waals surface area (Å²) in [6.07, 6.45) is 0.440. The van der Waals surface area contributed by atoms with Gasteiger partial charge < -0.3 is 4.74 Å². The van der Waals surface area contributed by atoms with Crippen LogP contribution in [0.25, 0.3) is 11.1 Å². The van der Waals surface area contributed by atoms with E-state index in [-0.39, 0.29) is 5.75 Å². The normalized spacial score (nSPS) is 14.9. The molecule has 3 aromatic rings. The lowest BCUT2D eigenvalue weighted by molar-refractivity contribution is 0.483. The quantitative estimate of drug-likeness (QED) is 0.587. The molecular formula is C20H15Cl2NO3S. The van der Waals surface area contributed by atoms with Crippen LogP contribution in [0.1, 0.15) is 5.56 Å². The van der Waals surface area contributed by atoms with Crippen molar-refractivity contribution in [2.75, 3.05) is 10.5 Å². The Hall–Kier alpha value is -2.21. The molecule has 3 aromatic carbocycles. The number of hydrogen-bond acceptors (Lipinski definition) is 3. The average molecular weight is 420 g/mol. The van der Waals surface area contributed by atoms with Gasteiger partial charge in [-0.25, -0.2) is 8.42 Å². The van der Waals surface area contributed by atoms with Crippen LogP contribution in [-0.2, 0) is 16.4 Å². The summed E-state index contributed by atoms with van der Waals surface area (Å²) in [6, 6.07) is 18.1. The van der Waals surface area contributed by atoms with Crippen LogP contribution < -0.4 is 9.46 Å². The molecule has 1 N–H and O–H groups in total. The number of hydrogen-bond donors (Lipinski definition) is 1. The number of sulfonamides is 1. The molecule has 0 spiro atoms. The lowest BCUT2D eigenvalue weighted by Gasteiger charge is -2.22. The van der Waals surface area contributed by atoms with Crippen LogP contribution in [0.5, 0.6) is 11.5 Å². The molecule has 0 fully saturated rings. The Morgan fingerprint density at radius 3 is 2.15 bits per heavy atom. The van der Waals surface area contributed by atoms with Gasteiger partial charge in [0.1, 0.15) is 11.5 Å². The van der Waals surface area contributed by atoms with Gasteiger partial charge in [0.2, 0.25) is 10.0 Å². The predicted molar refractivity (Wildman–Crippen MR) is 110 cm³/mol. The second-order valence-electron chi connectivity index (χ2n) is 6.24. The van der Waals surface area contributed by atoms with Crippen LogP contribution in [0.15, 0.2) is 60.7 Å². The number of aryl methyl sites for hydroxylation is 1. The van der Waals surface area contributed by atoms with E-state index >= 15 is 0 Å². The van der Waals surface area contributed by atoms with Crippen molar-refractivity contribution in [1.29, 1.82) is 0 Å². The van der Waals surface area contributed by atoms with Crippen LogP contribution in [0, 0.1) is 0 Å². The number of halogens is 2. The van der Waals surface area contributed by atoms with E-state index in [0.717, 1.165) is 16.7 Å². The molecule has 1 heterocycles. The first-order valence-electron chi connectivity index (χ1n) is 8.26. The highest BCUT2D eigenvalue weighted by atomic mass is 35.5. The van der Waals surface area contributed by atoms with Crippen LogP contribution >= 0.6 is 23.2 Å². The fourth-order valence-corrected chi connectivity index (χ4v) is 4.51. The summed E-state index contributed by atoms with van der Waals surface area (Å²) in [5.74, 6) is 1.41. The summed E-state index contributed by atoms with van der Waals surface area (Å²) in [4.78, 5) is 0. The number of anilines is 1. The van der Waals surface area contributed by atoms with E-state index in [1.54, 1.807) is 36.4 Å². The molecule has 4 rings (SSSR count). The van der Waals surface area contributed by atoms with Crippen LogP contribution in [0.3, 0.4) is 0 Å². The number of nitrogens with one attached hydrogen (secondary N) is 1. The van der Waals surface area contributed by atoms with Crippen molar-refractivity contribution < 1.29 is 13.2 Å². The zero-order valence-electron chi connectivity index (χ0n) is 14.1. The molecule has 27 heavy (non-hydrogen) atoms. The molecule has 7 heteroatoms. The van der Waals surface area contributed by atoms with Gasteiger partial charge in [-0.1, -0.05) is 35.3 Å². The van der Waals surface area contributed by atoms with E-state index in [0.29, 0.717) is 33.7 Å². The van der Waals surface area contributed by atoms with E-state index < -0.39 is 10.0 Å². The smallest absolute Gasteiger partial charge is 0.233 e. The van der Waals surface area contributed by atoms with Crippen molar-refractivity contribution in [3.05, 3.63) is 76.3 Å². The molecule has 0 unspecified atom stereocenters. The van der Waals surface area contributed by atoms with E-state index in [9.17, 15) is 8.42 Å². The molecular weight excluding hydrogens is 405 g/mol. The first-order valence-corrected chi connectivity index (χ1v) is 10.7. The number of ether oxygens (including phenoxy) is 1. The maximum Gasteiger partial charge on any atom is 0.233 e. The molecule has 0 saturated heterocycles. The van der Waals surface area contributed by atoms with Gasteiger partial charge in [-0.05, 0) is 66.1 Å². The van der Waals surface area contributed by atoms with Gasteiger partial charge >= 0.3 is 0 Å². The minimum atomic E-state index is -3.32. The highest BCUT2D eigenvalue weighted by molar-refractivity contribution is 7.92. The lowest BCUT2D eigenvalue weighted by Crippen LogP contribution is -2.24. The van der Waals surface area contributed by atoms with Gasteiger partial charge in [-0.15, -0.1) is 0 Å². The first-order chi connectivity index (χ1) is 12.9. The molecule has 138 valence electrons. The largest absolute Gasteiger partial charge is 0.457 e. The molecule has 1 aliphatic heterocycles. The van der Waals surface area contributed by atoms with Crippen molar-refractivity contribution in [2.24, 2.45) is 0 Å². The maximum absolute atomic E-state index is 12.0. The minimum Gasteiger partial charge on any atom is -0.457 e.